The Labute approximate surface area is 105 Å². The monoisotopic (exact) mass is 241 g/mol. The lowest BCUT2D eigenvalue weighted by atomic mass is 10.1. The lowest BCUT2D eigenvalue weighted by Crippen LogP contribution is -2.40. The van der Waals surface area contributed by atoms with Crippen LogP contribution in [0.3, 0.4) is 0 Å². The molecule has 2 heteroatoms. The smallest absolute Gasteiger partial charge is 0.101 e. The number of benzene rings is 1. The summed E-state index contributed by atoms with van der Waals surface area (Å²) in [6, 6.07) is 17.0. The maximum Gasteiger partial charge on any atom is 0.101 e. The summed E-state index contributed by atoms with van der Waals surface area (Å²) in [4.78, 5) is 4.80. The Balaban J connectivity index is 2.23. The van der Waals surface area contributed by atoms with E-state index in [0.29, 0.717) is 0 Å². The number of hydrogen-bond acceptors (Lipinski definition) is 1. The summed E-state index contributed by atoms with van der Waals surface area (Å²) in [7, 11) is -1.29. The highest BCUT2D eigenvalue weighted by Gasteiger charge is 2.18. The van der Waals surface area contributed by atoms with E-state index in [1.165, 1.54) is 16.6 Å². The van der Waals surface area contributed by atoms with Gasteiger partial charge in [-0.25, -0.2) is 0 Å². The van der Waals surface area contributed by atoms with Crippen molar-refractivity contribution < 1.29 is 0 Å². The van der Waals surface area contributed by atoms with Crippen LogP contribution in [0.5, 0.6) is 0 Å². The predicted octanol–water partition coefficient (Wildman–Crippen LogP) is 3.22. The fourth-order valence-corrected chi connectivity index (χ4v) is 2.88. The van der Waals surface area contributed by atoms with E-state index in [2.05, 4.69) is 68.2 Å². The van der Waals surface area contributed by atoms with Crippen LogP contribution < -0.4 is 5.32 Å². The number of nitrogens with zero attached hydrogens (tertiary/aromatic N) is 1. The van der Waals surface area contributed by atoms with Gasteiger partial charge in [0.1, 0.15) is 8.07 Å². The van der Waals surface area contributed by atoms with Gasteiger partial charge in [0.2, 0.25) is 0 Å². The molecule has 0 spiro atoms. The van der Waals surface area contributed by atoms with Crippen molar-refractivity contribution in [2.75, 3.05) is 0 Å². The number of aromatic nitrogens is 1. The third-order valence-corrected chi connectivity index (χ3v) is 4.62. The molecule has 1 nitrogen and oxygen atoms in total. The maximum absolute atomic E-state index is 4.80. The third kappa shape index (κ3) is 3.27. The highest BCUT2D eigenvalue weighted by Crippen LogP contribution is 2.07. The standard InChI is InChI=1S/C15H19NSi/c1-17(2,3)15-11-7-10-14(16-15)12-13-8-5-4-6-9-13/h4-11H,12H2,1-3H3. The Kier molecular flexibility index (Phi) is 3.43. The second-order valence-corrected chi connectivity index (χ2v) is 10.4. The van der Waals surface area contributed by atoms with Crippen LogP contribution in [-0.4, -0.2) is 13.1 Å². The minimum atomic E-state index is -1.29. The molecule has 0 fully saturated rings. The van der Waals surface area contributed by atoms with E-state index in [-0.39, 0.29) is 0 Å². The molecule has 2 aromatic rings. The second-order valence-electron chi connectivity index (χ2n) is 5.43. The third-order valence-electron chi connectivity index (χ3n) is 2.80. The van der Waals surface area contributed by atoms with Gasteiger partial charge in [-0.3, -0.25) is 4.98 Å². The first-order valence-electron chi connectivity index (χ1n) is 6.06. The lowest BCUT2D eigenvalue weighted by Gasteiger charge is -2.16. The van der Waals surface area contributed by atoms with Crippen molar-refractivity contribution in [3.63, 3.8) is 0 Å². The Hall–Kier alpha value is -1.41. The molecule has 1 heterocycles. The summed E-state index contributed by atoms with van der Waals surface area (Å²) < 4.78 is 0. The van der Waals surface area contributed by atoms with Gasteiger partial charge < -0.3 is 0 Å². The van der Waals surface area contributed by atoms with E-state index in [1.54, 1.807) is 0 Å². The highest BCUT2D eigenvalue weighted by molar-refractivity contribution is 6.88. The zero-order chi connectivity index (χ0) is 12.3. The summed E-state index contributed by atoms with van der Waals surface area (Å²) in [6.45, 7) is 7.00. The first kappa shape index (κ1) is 12.1. The van der Waals surface area contributed by atoms with E-state index >= 15 is 0 Å². The highest BCUT2D eigenvalue weighted by atomic mass is 28.3. The van der Waals surface area contributed by atoms with Gasteiger partial charge in [-0.05, 0) is 17.7 Å². The molecule has 0 saturated heterocycles. The van der Waals surface area contributed by atoms with Gasteiger partial charge in [0.25, 0.3) is 0 Å². The molecule has 17 heavy (non-hydrogen) atoms. The molecule has 0 atom stereocenters. The molecule has 0 aliphatic heterocycles. The summed E-state index contributed by atoms with van der Waals surface area (Å²) >= 11 is 0. The maximum atomic E-state index is 4.80. The van der Waals surface area contributed by atoms with Gasteiger partial charge in [0, 0.05) is 17.4 Å². The van der Waals surface area contributed by atoms with Crippen LogP contribution in [0, 0.1) is 0 Å². The Morgan fingerprint density at radius 3 is 2.24 bits per heavy atom. The quantitative estimate of drug-likeness (QED) is 0.752. The van der Waals surface area contributed by atoms with Crippen molar-refractivity contribution >= 4 is 13.4 Å². The zero-order valence-electron chi connectivity index (χ0n) is 10.8. The SMILES string of the molecule is C[Si](C)(C)c1cccc(Cc2ccccc2)n1. The van der Waals surface area contributed by atoms with Gasteiger partial charge >= 0.3 is 0 Å². The van der Waals surface area contributed by atoms with Crippen LogP contribution in [-0.2, 0) is 6.42 Å². The summed E-state index contributed by atoms with van der Waals surface area (Å²) in [5.74, 6) is 0. The number of pyridine rings is 1. The molecule has 0 aliphatic rings. The van der Waals surface area contributed by atoms with Crippen molar-refractivity contribution in [2.45, 2.75) is 26.1 Å². The van der Waals surface area contributed by atoms with E-state index in [4.69, 9.17) is 4.98 Å². The first-order chi connectivity index (χ1) is 8.05. The molecule has 0 amide bonds. The molecule has 1 aromatic heterocycles. The van der Waals surface area contributed by atoms with E-state index in [1.807, 2.05) is 0 Å². The van der Waals surface area contributed by atoms with Gasteiger partial charge in [-0.2, -0.15) is 0 Å². The topological polar surface area (TPSA) is 12.9 Å². The van der Waals surface area contributed by atoms with Gasteiger partial charge in [-0.15, -0.1) is 0 Å². The van der Waals surface area contributed by atoms with Crippen molar-refractivity contribution in [1.29, 1.82) is 0 Å². The van der Waals surface area contributed by atoms with Crippen molar-refractivity contribution in [2.24, 2.45) is 0 Å². The minimum absolute atomic E-state index is 0.930. The van der Waals surface area contributed by atoms with Crippen LogP contribution >= 0.6 is 0 Å². The molecule has 0 radical (unpaired) electrons. The average Bonchev–Trinajstić information content (AvgIpc) is 2.29. The van der Waals surface area contributed by atoms with Crippen LogP contribution in [0.4, 0.5) is 0 Å². The Morgan fingerprint density at radius 2 is 1.59 bits per heavy atom. The second kappa shape index (κ2) is 4.84. The fraction of sp³-hybridized carbons (Fsp3) is 0.267. The van der Waals surface area contributed by atoms with Crippen molar-refractivity contribution in [3.05, 3.63) is 59.8 Å². The fourth-order valence-electron chi connectivity index (χ4n) is 1.80. The normalized spacial score (nSPS) is 11.5. The van der Waals surface area contributed by atoms with E-state index < -0.39 is 8.07 Å². The van der Waals surface area contributed by atoms with Crippen LogP contribution in [0.1, 0.15) is 11.3 Å². The van der Waals surface area contributed by atoms with E-state index in [0.717, 1.165) is 6.42 Å². The molecule has 0 bridgehead atoms. The largest absolute Gasteiger partial charge is 0.262 e. The molecule has 0 saturated carbocycles. The average molecular weight is 241 g/mol. The van der Waals surface area contributed by atoms with Gasteiger partial charge in [0.05, 0.1) is 0 Å². The molecule has 88 valence electrons. The summed E-state index contributed by atoms with van der Waals surface area (Å²) in [5.41, 5.74) is 2.50. The molecule has 0 N–H and O–H groups in total. The van der Waals surface area contributed by atoms with Gasteiger partial charge in [-0.1, -0.05) is 56.0 Å². The molecular formula is C15H19NSi. The summed E-state index contributed by atoms with van der Waals surface area (Å²) in [6.07, 6.45) is 0.930. The Morgan fingerprint density at radius 1 is 0.882 bits per heavy atom. The minimum Gasteiger partial charge on any atom is -0.262 e. The van der Waals surface area contributed by atoms with Crippen molar-refractivity contribution in [3.8, 4) is 0 Å². The molecule has 1 aromatic carbocycles. The molecule has 0 unspecified atom stereocenters. The number of hydrogen-bond donors (Lipinski definition) is 0. The number of rotatable bonds is 3. The van der Waals surface area contributed by atoms with E-state index in [9.17, 15) is 0 Å². The predicted molar refractivity (Wildman–Crippen MR) is 76.5 cm³/mol. The lowest BCUT2D eigenvalue weighted by molar-refractivity contribution is 1.09. The first-order valence-corrected chi connectivity index (χ1v) is 9.56. The van der Waals surface area contributed by atoms with Crippen LogP contribution in [0.25, 0.3) is 0 Å². The molecular weight excluding hydrogens is 222 g/mol. The van der Waals surface area contributed by atoms with Crippen molar-refractivity contribution in [1.82, 2.24) is 4.98 Å². The molecule has 0 aliphatic carbocycles. The molecule has 2 rings (SSSR count). The summed E-state index contributed by atoms with van der Waals surface area (Å²) in [5, 5.41) is 1.30. The van der Waals surface area contributed by atoms with Crippen LogP contribution in [0.15, 0.2) is 48.5 Å². The van der Waals surface area contributed by atoms with Crippen LogP contribution in [0.2, 0.25) is 19.6 Å². The zero-order valence-corrected chi connectivity index (χ0v) is 11.8. The van der Waals surface area contributed by atoms with Gasteiger partial charge in [0.15, 0.2) is 0 Å². The Bertz CT molecular complexity index is 486.